The van der Waals surface area contributed by atoms with Crippen molar-refractivity contribution in [2.75, 3.05) is 13.2 Å². The van der Waals surface area contributed by atoms with Gasteiger partial charge >= 0.3 is 11.9 Å². The minimum Gasteiger partial charge on any atom is -0.462 e. The number of hydrogen-bond acceptors (Lipinski definition) is 5. The van der Waals surface area contributed by atoms with Gasteiger partial charge in [-0.1, -0.05) is 310 Å². The van der Waals surface area contributed by atoms with Crippen molar-refractivity contribution in [3.63, 3.8) is 0 Å². The minimum absolute atomic E-state index is 0.0783. The molecule has 1 N–H and O–H groups in total. The maximum absolute atomic E-state index is 12.3. The molecule has 0 aromatic carbocycles. The van der Waals surface area contributed by atoms with E-state index in [4.69, 9.17) is 9.47 Å². The van der Waals surface area contributed by atoms with Crippen molar-refractivity contribution in [3.05, 3.63) is 97.2 Å². The Morgan fingerprint density at radius 2 is 0.566 bits per heavy atom. The Morgan fingerprint density at radius 1 is 0.316 bits per heavy atom. The highest BCUT2D eigenvalue weighted by atomic mass is 16.6. The SMILES string of the molecule is CC/C=C\C/C=C\C/C=C\C/C=C\C/C=C\C/C=C\CCCCCCC(=O)OC(CO)COC(=O)CCCCCCCCCCCCCCCCCCCCCCCCCCCCC/C=C\C/C=C\CCCCCCC. The first-order valence-electron chi connectivity index (χ1n) is 32.8. The lowest BCUT2D eigenvalue weighted by Gasteiger charge is -2.15. The van der Waals surface area contributed by atoms with E-state index in [1.807, 2.05) is 0 Å². The highest BCUT2D eigenvalue weighted by Gasteiger charge is 2.16. The third kappa shape index (κ3) is 63.4. The van der Waals surface area contributed by atoms with E-state index in [1.54, 1.807) is 0 Å². The number of rotatable bonds is 60. The summed E-state index contributed by atoms with van der Waals surface area (Å²) in [6.07, 6.45) is 94.3. The van der Waals surface area contributed by atoms with E-state index in [1.165, 1.54) is 199 Å². The Labute approximate surface area is 472 Å². The highest BCUT2D eigenvalue weighted by Crippen LogP contribution is 2.17. The van der Waals surface area contributed by atoms with Crippen LogP contribution in [-0.4, -0.2) is 36.4 Å². The van der Waals surface area contributed by atoms with Gasteiger partial charge in [0.1, 0.15) is 6.61 Å². The Morgan fingerprint density at radius 3 is 0.855 bits per heavy atom. The molecule has 1 unspecified atom stereocenters. The molecule has 0 saturated carbocycles. The summed E-state index contributed by atoms with van der Waals surface area (Å²) in [5.74, 6) is -0.612. The summed E-state index contributed by atoms with van der Waals surface area (Å²) < 4.78 is 10.7. The van der Waals surface area contributed by atoms with Crippen LogP contribution in [0.3, 0.4) is 0 Å². The molecule has 0 aliphatic heterocycles. The van der Waals surface area contributed by atoms with Crippen LogP contribution in [0.25, 0.3) is 0 Å². The number of ether oxygens (including phenoxy) is 2. The summed E-state index contributed by atoms with van der Waals surface area (Å²) in [6.45, 7) is 4.02. The zero-order valence-corrected chi connectivity index (χ0v) is 50.3. The average molecular weight is 1060 g/mol. The molecule has 438 valence electrons. The molecule has 0 saturated heterocycles. The summed E-state index contributed by atoms with van der Waals surface area (Å²) in [7, 11) is 0. The Kier molecular flexibility index (Phi) is 63.3. The standard InChI is InChI=1S/C71H124O5/c1-3-5-7-9-11-13-15-17-19-21-23-25-27-28-29-30-31-32-33-34-35-36-37-38-39-40-41-42-44-45-47-49-51-53-55-57-59-61-63-65-70(73)75-68-69(67-72)76-71(74)66-64-62-60-58-56-54-52-50-48-46-43-26-24-22-20-18-16-14-12-10-8-6-4-2/h6,8,12,14-15,17-18,20-21,23-24,26,46,48,52,54,69,72H,3-5,7,9-11,13,16,19,22,25,27-45,47,49-51,53,55-68H2,1-2H3/b8-6-,14-12-,17-15-,20-18-,23-21-,26-24-,48-46-,54-52-. The fourth-order valence-corrected chi connectivity index (χ4v) is 9.47. The van der Waals surface area contributed by atoms with E-state index >= 15 is 0 Å². The van der Waals surface area contributed by atoms with Gasteiger partial charge < -0.3 is 14.6 Å². The Bertz CT molecular complexity index is 1430. The molecule has 0 radical (unpaired) electrons. The molecule has 0 aromatic heterocycles. The lowest BCUT2D eigenvalue weighted by Crippen LogP contribution is -2.28. The van der Waals surface area contributed by atoms with Crippen molar-refractivity contribution in [2.45, 2.75) is 328 Å². The largest absolute Gasteiger partial charge is 0.462 e. The van der Waals surface area contributed by atoms with Gasteiger partial charge in [0.2, 0.25) is 0 Å². The van der Waals surface area contributed by atoms with Gasteiger partial charge in [0.05, 0.1) is 6.61 Å². The predicted octanol–water partition coefficient (Wildman–Crippen LogP) is 22.6. The molecule has 0 bridgehead atoms. The highest BCUT2D eigenvalue weighted by molar-refractivity contribution is 5.70. The summed E-state index contributed by atoms with van der Waals surface area (Å²) in [5.41, 5.74) is 0. The van der Waals surface area contributed by atoms with Crippen LogP contribution in [0.4, 0.5) is 0 Å². The topological polar surface area (TPSA) is 72.8 Å². The van der Waals surface area contributed by atoms with Gasteiger partial charge in [0, 0.05) is 12.8 Å². The van der Waals surface area contributed by atoms with Crippen LogP contribution in [0.5, 0.6) is 0 Å². The van der Waals surface area contributed by atoms with Gasteiger partial charge in [-0.15, -0.1) is 0 Å². The fourth-order valence-electron chi connectivity index (χ4n) is 9.47. The van der Waals surface area contributed by atoms with Gasteiger partial charge in [-0.3, -0.25) is 9.59 Å². The number of aliphatic hydroxyl groups excluding tert-OH is 1. The molecule has 5 nitrogen and oxygen atoms in total. The van der Waals surface area contributed by atoms with Gasteiger partial charge in [-0.25, -0.2) is 0 Å². The molecule has 0 aromatic rings. The molecule has 76 heavy (non-hydrogen) atoms. The van der Waals surface area contributed by atoms with Crippen molar-refractivity contribution in [3.8, 4) is 0 Å². The first-order chi connectivity index (χ1) is 37.6. The number of allylic oxidation sites excluding steroid dienone is 16. The molecule has 0 aliphatic rings. The van der Waals surface area contributed by atoms with Crippen LogP contribution >= 0.6 is 0 Å². The van der Waals surface area contributed by atoms with E-state index in [9.17, 15) is 14.7 Å². The number of aliphatic hydroxyl groups is 1. The molecule has 0 heterocycles. The number of hydrogen-bond donors (Lipinski definition) is 1. The Balaban J connectivity index is 3.44. The summed E-state index contributed by atoms with van der Waals surface area (Å²) in [6, 6.07) is 0. The number of unbranched alkanes of at least 4 members (excludes halogenated alkanes) is 36. The minimum atomic E-state index is -0.791. The quantitative estimate of drug-likeness (QED) is 0.0373. The molecule has 0 spiro atoms. The Hall–Kier alpha value is -3.18. The summed E-state index contributed by atoms with van der Waals surface area (Å²) in [4.78, 5) is 24.6. The molecule has 0 fully saturated rings. The van der Waals surface area contributed by atoms with Gasteiger partial charge in [-0.2, -0.15) is 0 Å². The van der Waals surface area contributed by atoms with Crippen molar-refractivity contribution >= 4 is 11.9 Å². The fraction of sp³-hybridized carbons (Fsp3) is 0.746. The first kappa shape index (κ1) is 72.8. The van der Waals surface area contributed by atoms with Crippen LogP contribution < -0.4 is 0 Å². The third-order valence-electron chi connectivity index (χ3n) is 14.4. The van der Waals surface area contributed by atoms with Crippen LogP contribution in [0.2, 0.25) is 0 Å². The average Bonchev–Trinajstić information content (AvgIpc) is 3.42. The van der Waals surface area contributed by atoms with E-state index in [0.29, 0.717) is 12.8 Å². The summed E-state index contributed by atoms with van der Waals surface area (Å²) >= 11 is 0. The van der Waals surface area contributed by atoms with Crippen molar-refractivity contribution in [1.82, 2.24) is 0 Å². The molecular formula is C71H124O5. The van der Waals surface area contributed by atoms with E-state index in [2.05, 4.69) is 111 Å². The van der Waals surface area contributed by atoms with Crippen molar-refractivity contribution in [1.29, 1.82) is 0 Å². The number of carbonyl (C=O) groups excluding carboxylic acids is 2. The van der Waals surface area contributed by atoms with Gasteiger partial charge in [0.25, 0.3) is 0 Å². The monoisotopic (exact) mass is 1060 g/mol. The first-order valence-corrected chi connectivity index (χ1v) is 32.8. The molecule has 1 atom stereocenters. The molecule has 0 amide bonds. The van der Waals surface area contributed by atoms with Crippen LogP contribution in [0, 0.1) is 0 Å². The zero-order valence-electron chi connectivity index (χ0n) is 50.3. The second kappa shape index (κ2) is 66.1. The smallest absolute Gasteiger partial charge is 0.306 e. The van der Waals surface area contributed by atoms with Gasteiger partial charge in [-0.05, 0) is 96.3 Å². The second-order valence-corrected chi connectivity index (χ2v) is 21.8. The molecule has 0 aliphatic carbocycles. The van der Waals surface area contributed by atoms with Gasteiger partial charge in [0.15, 0.2) is 6.10 Å². The van der Waals surface area contributed by atoms with Crippen LogP contribution in [0.1, 0.15) is 322 Å². The second-order valence-electron chi connectivity index (χ2n) is 21.8. The number of carbonyl (C=O) groups is 2. The maximum Gasteiger partial charge on any atom is 0.306 e. The van der Waals surface area contributed by atoms with E-state index in [0.717, 1.165) is 96.3 Å². The molecular weight excluding hydrogens is 933 g/mol. The van der Waals surface area contributed by atoms with Crippen molar-refractivity contribution in [2.24, 2.45) is 0 Å². The maximum atomic E-state index is 12.3. The lowest BCUT2D eigenvalue weighted by atomic mass is 10.0. The molecule has 5 heteroatoms. The van der Waals surface area contributed by atoms with Crippen LogP contribution in [0.15, 0.2) is 97.2 Å². The lowest BCUT2D eigenvalue weighted by molar-refractivity contribution is -0.161. The zero-order chi connectivity index (χ0) is 54.8. The van der Waals surface area contributed by atoms with Crippen molar-refractivity contribution < 1.29 is 24.2 Å². The van der Waals surface area contributed by atoms with E-state index < -0.39 is 6.10 Å². The molecule has 0 rings (SSSR count). The third-order valence-corrected chi connectivity index (χ3v) is 14.4. The van der Waals surface area contributed by atoms with Crippen LogP contribution in [-0.2, 0) is 19.1 Å². The number of esters is 2. The summed E-state index contributed by atoms with van der Waals surface area (Å²) in [5, 5.41) is 9.67. The predicted molar refractivity (Wildman–Crippen MR) is 334 cm³/mol. The normalized spacial score (nSPS) is 12.8. The van der Waals surface area contributed by atoms with E-state index in [-0.39, 0.29) is 25.2 Å².